The van der Waals surface area contributed by atoms with Gasteiger partial charge in [-0.05, 0) is 35.4 Å². The molecule has 0 radical (unpaired) electrons. The summed E-state index contributed by atoms with van der Waals surface area (Å²) in [7, 11) is 0.945. The number of carbonyl (C=O) groups is 2. The fraction of sp³-hybridized carbons (Fsp3) is 0.0909. The lowest BCUT2D eigenvalue weighted by atomic mass is 9.75. The topological polar surface area (TPSA) is 66.4 Å². The molecule has 134 valence electrons. The Kier molecular flexibility index (Phi) is 5.72. The summed E-state index contributed by atoms with van der Waals surface area (Å²) in [6.07, 6.45) is 1.53. The molecule has 3 aromatic carbocycles. The Balaban J connectivity index is 1.93. The van der Waals surface area contributed by atoms with Crippen molar-refractivity contribution in [1.29, 1.82) is 0 Å². The number of phenolic OH excluding ortho intramolecular Hbond substituents is 1. The summed E-state index contributed by atoms with van der Waals surface area (Å²) in [5.74, 6) is -0.530. The van der Waals surface area contributed by atoms with Crippen molar-refractivity contribution in [2.45, 2.75) is 13.1 Å². The van der Waals surface area contributed by atoms with Crippen LogP contribution in [-0.2, 0) is 6.32 Å². The maximum absolute atomic E-state index is 12.7. The van der Waals surface area contributed by atoms with E-state index in [0.717, 1.165) is 30.3 Å². The van der Waals surface area contributed by atoms with E-state index in [9.17, 15) is 14.7 Å². The first-order chi connectivity index (χ1) is 13.1. The molecule has 1 amide bonds. The third-order valence-corrected chi connectivity index (χ3v) is 4.38. The van der Waals surface area contributed by atoms with Gasteiger partial charge in [0, 0.05) is 5.56 Å². The number of anilines is 1. The highest BCUT2D eigenvalue weighted by Crippen LogP contribution is 2.26. The smallest absolute Gasteiger partial charge is 0.259 e. The molecule has 0 aromatic heterocycles. The minimum Gasteiger partial charge on any atom is -0.507 e. The summed E-state index contributed by atoms with van der Waals surface area (Å²) < 4.78 is 0. The van der Waals surface area contributed by atoms with Crippen molar-refractivity contribution in [2.24, 2.45) is 0 Å². The van der Waals surface area contributed by atoms with Crippen LogP contribution in [-0.4, -0.2) is 24.6 Å². The molecule has 0 unspecified atom stereocenters. The van der Waals surface area contributed by atoms with Gasteiger partial charge in [0.05, 0.1) is 11.3 Å². The van der Waals surface area contributed by atoms with Crippen LogP contribution in [0, 0.1) is 0 Å². The Morgan fingerprint density at radius 1 is 1.04 bits per heavy atom. The molecular weight excluding hydrogens is 337 g/mol. The van der Waals surface area contributed by atoms with Crippen LogP contribution < -0.4 is 5.32 Å². The highest BCUT2D eigenvalue weighted by molar-refractivity contribution is 6.32. The summed E-state index contributed by atoms with van der Waals surface area (Å²) in [6, 6.07) is 20.0. The van der Waals surface area contributed by atoms with E-state index in [2.05, 4.69) is 12.1 Å². The normalized spacial score (nSPS) is 10.3. The molecule has 0 aliphatic rings. The molecule has 27 heavy (non-hydrogen) atoms. The molecule has 3 rings (SSSR count). The predicted octanol–water partition coefficient (Wildman–Crippen LogP) is 4.11. The first-order valence-corrected chi connectivity index (χ1v) is 8.90. The highest BCUT2D eigenvalue weighted by Gasteiger charge is 2.15. The Morgan fingerprint density at radius 2 is 1.81 bits per heavy atom. The summed E-state index contributed by atoms with van der Waals surface area (Å²) in [4.78, 5) is 24.1. The number of amides is 1. The zero-order valence-corrected chi connectivity index (χ0v) is 15.1. The van der Waals surface area contributed by atoms with E-state index in [1.54, 1.807) is 18.2 Å². The number of rotatable bonds is 6. The summed E-state index contributed by atoms with van der Waals surface area (Å²) in [5, 5.41) is 12.8. The minimum atomic E-state index is -0.446. The van der Waals surface area contributed by atoms with Gasteiger partial charge in [-0.15, -0.1) is 0 Å². The van der Waals surface area contributed by atoms with Crippen LogP contribution in [0.2, 0.25) is 6.82 Å². The lowest BCUT2D eigenvalue weighted by Gasteiger charge is -2.12. The van der Waals surface area contributed by atoms with Crippen LogP contribution in [0.25, 0.3) is 11.1 Å². The molecule has 0 aliphatic heterocycles. The van der Waals surface area contributed by atoms with Gasteiger partial charge < -0.3 is 10.4 Å². The third kappa shape index (κ3) is 4.26. The first kappa shape index (κ1) is 18.5. The molecule has 0 heterocycles. The zero-order valence-electron chi connectivity index (χ0n) is 15.1. The van der Waals surface area contributed by atoms with E-state index in [1.807, 2.05) is 42.5 Å². The SMILES string of the molecule is CBCc1ccc(O)c(C(=O)Nc2cc(-c3ccccc3)ccc2C=O)c1. The van der Waals surface area contributed by atoms with Gasteiger partial charge >= 0.3 is 0 Å². The van der Waals surface area contributed by atoms with Crippen molar-refractivity contribution in [3.05, 3.63) is 83.4 Å². The molecule has 3 aromatic rings. The minimum absolute atomic E-state index is 0.0841. The van der Waals surface area contributed by atoms with Crippen LogP contribution in [0.4, 0.5) is 5.69 Å². The number of benzene rings is 3. The van der Waals surface area contributed by atoms with Crippen molar-refractivity contribution in [3.63, 3.8) is 0 Å². The van der Waals surface area contributed by atoms with Gasteiger partial charge in [0.1, 0.15) is 13.0 Å². The Hall–Kier alpha value is -3.34. The number of aldehydes is 1. The summed E-state index contributed by atoms with van der Waals surface area (Å²) in [6.45, 7) is 2.05. The number of hydrogen-bond acceptors (Lipinski definition) is 3. The Labute approximate surface area is 159 Å². The molecule has 0 spiro atoms. The van der Waals surface area contributed by atoms with Crippen molar-refractivity contribution in [2.75, 3.05) is 5.32 Å². The second kappa shape index (κ2) is 8.36. The Morgan fingerprint density at radius 3 is 2.52 bits per heavy atom. The maximum Gasteiger partial charge on any atom is 0.259 e. The second-order valence-corrected chi connectivity index (χ2v) is 6.34. The largest absolute Gasteiger partial charge is 0.507 e. The Bertz CT molecular complexity index is 971. The van der Waals surface area contributed by atoms with E-state index in [-0.39, 0.29) is 11.3 Å². The second-order valence-electron chi connectivity index (χ2n) is 6.34. The fourth-order valence-electron chi connectivity index (χ4n) is 2.98. The van der Waals surface area contributed by atoms with Crippen LogP contribution >= 0.6 is 0 Å². The molecule has 0 fully saturated rings. The van der Waals surface area contributed by atoms with Gasteiger partial charge in [-0.3, -0.25) is 9.59 Å². The number of carbonyl (C=O) groups excluding carboxylic acids is 2. The predicted molar refractivity (Wildman–Crippen MR) is 110 cm³/mol. The van der Waals surface area contributed by atoms with Gasteiger partial charge in [-0.1, -0.05) is 61.2 Å². The van der Waals surface area contributed by atoms with E-state index in [4.69, 9.17) is 0 Å². The number of phenols is 1. The average molecular weight is 357 g/mol. The van der Waals surface area contributed by atoms with Crippen LogP contribution in [0.5, 0.6) is 5.75 Å². The molecule has 0 saturated carbocycles. The van der Waals surface area contributed by atoms with Crippen molar-refractivity contribution >= 4 is 25.2 Å². The van der Waals surface area contributed by atoms with E-state index in [1.165, 1.54) is 6.07 Å². The molecular formula is C22H20BNO3. The highest BCUT2D eigenvalue weighted by atomic mass is 16.3. The molecule has 0 bridgehead atoms. The molecule has 0 saturated heterocycles. The number of aromatic hydroxyl groups is 1. The van der Waals surface area contributed by atoms with Crippen molar-refractivity contribution in [3.8, 4) is 16.9 Å². The van der Waals surface area contributed by atoms with Gasteiger partial charge in [0.15, 0.2) is 6.29 Å². The van der Waals surface area contributed by atoms with E-state index in [0.29, 0.717) is 17.5 Å². The first-order valence-electron chi connectivity index (χ1n) is 8.90. The molecule has 4 nitrogen and oxygen atoms in total. The maximum atomic E-state index is 12.7. The quantitative estimate of drug-likeness (QED) is 0.515. The van der Waals surface area contributed by atoms with Crippen LogP contribution in [0.15, 0.2) is 66.7 Å². The lowest BCUT2D eigenvalue weighted by Crippen LogP contribution is -2.14. The summed E-state index contributed by atoms with van der Waals surface area (Å²) in [5.41, 5.74) is 3.85. The average Bonchev–Trinajstić information content (AvgIpc) is 2.70. The lowest BCUT2D eigenvalue weighted by molar-refractivity contribution is 0.102. The molecule has 2 N–H and O–H groups in total. The summed E-state index contributed by atoms with van der Waals surface area (Å²) >= 11 is 0. The van der Waals surface area contributed by atoms with Crippen molar-refractivity contribution in [1.82, 2.24) is 0 Å². The zero-order chi connectivity index (χ0) is 19.2. The van der Waals surface area contributed by atoms with Crippen molar-refractivity contribution < 1.29 is 14.7 Å². The van der Waals surface area contributed by atoms with Crippen LogP contribution in [0.1, 0.15) is 26.3 Å². The number of nitrogens with one attached hydrogen (secondary N) is 1. The third-order valence-electron chi connectivity index (χ3n) is 4.38. The van der Waals surface area contributed by atoms with Crippen LogP contribution in [0.3, 0.4) is 0 Å². The monoisotopic (exact) mass is 357 g/mol. The van der Waals surface area contributed by atoms with Gasteiger partial charge in [-0.25, -0.2) is 0 Å². The molecule has 5 heteroatoms. The standard InChI is InChI=1S/C22H20BNO3/c1-23-13-15-7-10-21(26)19(11-15)22(27)24-20-12-17(8-9-18(20)14-25)16-5-3-2-4-6-16/h2-12,14,23,26H,13H2,1H3,(H,24,27). The van der Waals surface area contributed by atoms with Gasteiger partial charge in [-0.2, -0.15) is 0 Å². The molecule has 0 aliphatic carbocycles. The van der Waals surface area contributed by atoms with E-state index < -0.39 is 5.91 Å². The number of hydrogen-bond donors (Lipinski definition) is 2. The van der Waals surface area contributed by atoms with Gasteiger partial charge in [0.25, 0.3) is 5.91 Å². The van der Waals surface area contributed by atoms with Gasteiger partial charge in [0.2, 0.25) is 0 Å². The van der Waals surface area contributed by atoms with E-state index >= 15 is 0 Å². The molecule has 0 atom stereocenters. The fourth-order valence-corrected chi connectivity index (χ4v) is 2.98.